The summed E-state index contributed by atoms with van der Waals surface area (Å²) >= 11 is 6.61. The largest absolute Gasteiger partial charge is 0.478 e. The Morgan fingerprint density at radius 2 is 1.45 bits per heavy atom. The molecule has 0 radical (unpaired) electrons. The van der Waals surface area contributed by atoms with E-state index in [9.17, 15) is 9.90 Å². The van der Waals surface area contributed by atoms with Crippen molar-refractivity contribution in [3.05, 3.63) is 59.2 Å². The smallest absolute Gasteiger partial charge is 0.336 e. The number of carbonyl (C=O) groups is 1. The van der Waals surface area contributed by atoms with E-state index in [1.165, 1.54) is 82.1 Å². The molecule has 33 heavy (non-hydrogen) atoms. The lowest BCUT2D eigenvalue weighted by molar-refractivity contribution is 0.0697. The molecule has 2 nitrogen and oxygen atoms in total. The first kappa shape index (κ1) is 24.7. The monoisotopic (exact) mass is 482 g/mol. The highest BCUT2D eigenvalue weighted by Crippen LogP contribution is 2.55. The van der Waals surface area contributed by atoms with Gasteiger partial charge in [0.15, 0.2) is 0 Å². The Morgan fingerprint density at radius 3 is 2.00 bits per heavy atom. The zero-order valence-corrected chi connectivity index (χ0v) is 21.8. The van der Waals surface area contributed by atoms with Crippen molar-refractivity contribution >= 4 is 23.8 Å². The van der Waals surface area contributed by atoms with Gasteiger partial charge in [-0.25, -0.2) is 4.79 Å². The topological polar surface area (TPSA) is 37.3 Å². The van der Waals surface area contributed by atoms with Crippen LogP contribution >= 0.6 is 6.04 Å². The molecule has 0 atom stereocenters. The van der Waals surface area contributed by atoms with Crippen LogP contribution in [0.5, 0.6) is 0 Å². The lowest BCUT2D eigenvalue weighted by atomic mass is 9.91. The van der Waals surface area contributed by atoms with Crippen molar-refractivity contribution in [1.82, 2.24) is 0 Å². The van der Waals surface area contributed by atoms with E-state index in [2.05, 4.69) is 19.1 Å². The van der Waals surface area contributed by atoms with Crippen molar-refractivity contribution in [2.45, 2.75) is 77.3 Å². The Kier molecular flexibility index (Phi) is 8.47. The van der Waals surface area contributed by atoms with Crippen LogP contribution in [0.2, 0.25) is 0 Å². The lowest BCUT2D eigenvalue weighted by Gasteiger charge is -2.34. The minimum Gasteiger partial charge on any atom is -0.478 e. The molecule has 2 aliphatic rings. The third kappa shape index (κ3) is 6.58. The zero-order valence-electron chi connectivity index (χ0n) is 20.1. The Bertz CT molecular complexity index is 978. The molecular weight excluding hydrogens is 443 g/mol. The fraction of sp³-hybridized carbons (Fsp3) is 0.552. The molecule has 2 saturated carbocycles. The zero-order chi connectivity index (χ0) is 23.3. The van der Waals surface area contributed by atoms with Crippen molar-refractivity contribution in [1.29, 1.82) is 0 Å². The van der Waals surface area contributed by atoms with Gasteiger partial charge in [-0.2, -0.15) is 0 Å². The standard InChI is InChI=1S/C29H39O2PS/c1-22-10-8-9-15-26(22)28-18-25(16-17-27(28)29(30)31)21-32(33,19-23-11-4-2-5-12-23)20-24-13-6-3-7-14-24/h8-10,15-18,23-24H,2-7,11-14,19-21H2,1H3,(H,30,31). The van der Waals surface area contributed by atoms with Crippen LogP contribution in [0, 0.1) is 18.8 Å². The average molecular weight is 483 g/mol. The van der Waals surface area contributed by atoms with Gasteiger partial charge >= 0.3 is 5.97 Å². The molecule has 2 aromatic rings. The van der Waals surface area contributed by atoms with Crippen LogP contribution in [0.4, 0.5) is 0 Å². The summed E-state index contributed by atoms with van der Waals surface area (Å²) < 4.78 is 0. The second-order valence-electron chi connectivity index (χ2n) is 10.6. The molecule has 4 rings (SSSR count). The molecule has 0 heterocycles. The normalized spacial score (nSPS) is 18.3. The third-order valence-corrected chi connectivity index (χ3v) is 12.4. The van der Waals surface area contributed by atoms with Crippen molar-refractivity contribution in [2.24, 2.45) is 11.8 Å². The maximum absolute atomic E-state index is 12.0. The van der Waals surface area contributed by atoms with Gasteiger partial charge in [-0.15, -0.1) is 0 Å². The van der Waals surface area contributed by atoms with Gasteiger partial charge in [0.1, 0.15) is 0 Å². The maximum atomic E-state index is 12.0. The molecule has 0 amide bonds. The molecule has 4 heteroatoms. The summed E-state index contributed by atoms with van der Waals surface area (Å²) in [5.74, 6) is 0.758. The van der Waals surface area contributed by atoms with Gasteiger partial charge in [-0.05, 0) is 71.5 Å². The predicted molar refractivity (Wildman–Crippen MR) is 144 cm³/mol. The molecule has 2 aromatic carbocycles. The predicted octanol–water partition coefficient (Wildman–Crippen LogP) is 8.50. The second-order valence-corrected chi connectivity index (χ2v) is 16.1. The van der Waals surface area contributed by atoms with E-state index in [-0.39, 0.29) is 0 Å². The molecule has 2 fully saturated rings. The first-order valence-corrected chi connectivity index (χ1v) is 16.3. The minimum absolute atomic E-state index is 0.390. The minimum atomic E-state index is -1.55. The first-order valence-electron chi connectivity index (χ1n) is 12.9. The molecule has 0 aliphatic heterocycles. The number of benzene rings is 2. The summed E-state index contributed by atoms with van der Waals surface area (Å²) in [7, 11) is 0. The SMILES string of the molecule is Cc1ccccc1-c1cc(CP(=S)(CC2CCCCC2)CC2CCCCC2)ccc1C(=O)O. The van der Waals surface area contributed by atoms with E-state index in [0.717, 1.165) is 34.7 Å². The number of carboxylic acids is 1. The van der Waals surface area contributed by atoms with Crippen LogP contribution in [0.3, 0.4) is 0 Å². The summed E-state index contributed by atoms with van der Waals surface area (Å²) in [5, 5.41) is 9.86. The van der Waals surface area contributed by atoms with E-state index in [4.69, 9.17) is 11.8 Å². The van der Waals surface area contributed by atoms with Crippen LogP contribution in [-0.2, 0) is 18.0 Å². The number of aromatic carboxylic acids is 1. The quantitative estimate of drug-likeness (QED) is 0.383. The number of hydrogen-bond acceptors (Lipinski definition) is 2. The van der Waals surface area contributed by atoms with E-state index < -0.39 is 12.0 Å². The number of hydrogen-bond donors (Lipinski definition) is 1. The highest BCUT2D eigenvalue weighted by Gasteiger charge is 2.29. The fourth-order valence-corrected chi connectivity index (χ4v) is 11.8. The number of carboxylic acid groups (broad SMARTS) is 1. The van der Waals surface area contributed by atoms with E-state index in [0.29, 0.717) is 5.56 Å². The molecule has 0 saturated heterocycles. The number of rotatable bonds is 8. The summed E-state index contributed by atoms with van der Waals surface area (Å²) in [6.45, 7) is 2.06. The van der Waals surface area contributed by atoms with Crippen LogP contribution < -0.4 is 0 Å². The van der Waals surface area contributed by atoms with Crippen LogP contribution in [0.1, 0.15) is 85.7 Å². The first-order chi connectivity index (χ1) is 15.9. The van der Waals surface area contributed by atoms with E-state index >= 15 is 0 Å². The van der Waals surface area contributed by atoms with Crippen LogP contribution in [0.25, 0.3) is 11.1 Å². The van der Waals surface area contributed by atoms with E-state index in [1.54, 1.807) is 0 Å². The molecule has 0 spiro atoms. The molecule has 178 valence electrons. The van der Waals surface area contributed by atoms with Crippen molar-refractivity contribution in [3.63, 3.8) is 0 Å². The number of aryl methyl sites for hydroxylation is 1. The molecule has 1 N–H and O–H groups in total. The summed E-state index contributed by atoms with van der Waals surface area (Å²) in [6.07, 6.45) is 17.2. The maximum Gasteiger partial charge on any atom is 0.336 e. The molecule has 2 aliphatic carbocycles. The van der Waals surface area contributed by atoms with Crippen LogP contribution in [0.15, 0.2) is 42.5 Å². The van der Waals surface area contributed by atoms with Gasteiger partial charge in [0.05, 0.1) is 5.56 Å². The average Bonchev–Trinajstić information content (AvgIpc) is 2.80. The Morgan fingerprint density at radius 1 is 0.879 bits per heavy atom. The van der Waals surface area contributed by atoms with Crippen LogP contribution in [-0.4, -0.2) is 23.4 Å². The lowest BCUT2D eigenvalue weighted by Crippen LogP contribution is -2.18. The van der Waals surface area contributed by atoms with Gasteiger partial charge < -0.3 is 5.11 Å². The summed E-state index contributed by atoms with van der Waals surface area (Å²) in [4.78, 5) is 12.0. The third-order valence-electron chi connectivity index (χ3n) is 7.85. The van der Waals surface area contributed by atoms with Gasteiger partial charge in [0, 0.05) is 6.16 Å². The summed E-state index contributed by atoms with van der Waals surface area (Å²) in [5.41, 5.74) is 4.61. The Labute approximate surface area is 205 Å². The fourth-order valence-electron chi connectivity index (χ4n) is 6.19. The highest BCUT2D eigenvalue weighted by molar-refractivity contribution is 8.14. The van der Waals surface area contributed by atoms with Crippen molar-refractivity contribution in [3.8, 4) is 11.1 Å². The molecule has 0 unspecified atom stereocenters. The second kappa shape index (κ2) is 11.3. The Hall–Kier alpha value is -1.44. The summed E-state index contributed by atoms with van der Waals surface area (Å²) in [6, 6.07) is 12.6. The molecule has 0 bridgehead atoms. The van der Waals surface area contributed by atoms with Gasteiger partial charge in [0.2, 0.25) is 0 Å². The van der Waals surface area contributed by atoms with Crippen molar-refractivity contribution in [2.75, 3.05) is 12.3 Å². The highest BCUT2D eigenvalue weighted by atomic mass is 32.4. The van der Waals surface area contributed by atoms with Crippen molar-refractivity contribution < 1.29 is 9.90 Å². The Balaban J connectivity index is 1.64. The molecular formula is C29H39O2PS. The van der Waals surface area contributed by atoms with Gasteiger partial charge in [0.25, 0.3) is 0 Å². The van der Waals surface area contributed by atoms with Gasteiger partial charge in [-0.1, -0.05) is 106 Å². The van der Waals surface area contributed by atoms with Gasteiger partial charge in [-0.3, -0.25) is 0 Å². The van der Waals surface area contributed by atoms with E-state index in [1.807, 2.05) is 30.3 Å². The molecule has 0 aromatic heterocycles.